The van der Waals surface area contributed by atoms with E-state index in [9.17, 15) is 31.5 Å². The van der Waals surface area contributed by atoms with Gasteiger partial charge in [-0.2, -0.15) is 13.2 Å². The Kier molecular flexibility index (Phi) is 6.19. The van der Waals surface area contributed by atoms with Crippen LogP contribution in [0.5, 0.6) is 0 Å². The van der Waals surface area contributed by atoms with Gasteiger partial charge in [0.15, 0.2) is 0 Å². The lowest BCUT2D eigenvalue weighted by Gasteiger charge is -2.25. The molecule has 2 aromatic carbocycles. The Hall–Kier alpha value is -2.01. The Bertz CT molecular complexity index is 994. The number of anilines is 2. The number of rotatable bonds is 5. The van der Waals surface area contributed by atoms with Crippen LogP contribution in [0.15, 0.2) is 47.4 Å². The first kappa shape index (κ1) is 22.3. The molecule has 0 saturated carbocycles. The average Bonchev–Trinajstić information content (AvgIpc) is 2.57. The molecule has 2 aromatic rings. The number of nitrogens with one attached hydrogen (secondary N) is 2. The summed E-state index contributed by atoms with van der Waals surface area (Å²) in [6, 6.07) is 8.77. The lowest BCUT2D eigenvalue weighted by Crippen LogP contribution is -2.52. The van der Waals surface area contributed by atoms with Crippen molar-refractivity contribution in [1.29, 1.82) is 0 Å². The zero-order chi connectivity index (χ0) is 21.3. The summed E-state index contributed by atoms with van der Waals surface area (Å²) in [6.45, 7) is 0.283. The van der Waals surface area contributed by atoms with Crippen molar-refractivity contribution in [2.75, 3.05) is 10.0 Å². The molecule has 0 radical (unpaired) electrons. The highest BCUT2D eigenvalue weighted by molar-refractivity contribution is 7.92. The van der Waals surface area contributed by atoms with Gasteiger partial charge in [-0.15, -0.1) is 0 Å². The Morgan fingerprint density at radius 1 is 1.07 bits per heavy atom. The third-order valence-corrected chi connectivity index (χ3v) is 5.53. The number of aliphatic hydroxyl groups is 1. The number of carbonyl (C=O) groups excluding carboxylic acids is 1. The monoisotopic (exact) mass is 456 g/mol. The normalized spacial score (nSPS) is 14.2. The van der Waals surface area contributed by atoms with E-state index in [4.69, 9.17) is 23.2 Å². The fourth-order valence-electron chi connectivity index (χ4n) is 1.87. The largest absolute Gasteiger partial charge is 0.426 e. The maximum absolute atomic E-state index is 12.7. The summed E-state index contributed by atoms with van der Waals surface area (Å²) in [6.07, 6.45) is -5.21. The maximum atomic E-state index is 12.7. The fraction of sp³-hybridized carbons (Fsp3) is 0.188. The van der Waals surface area contributed by atoms with Crippen LogP contribution in [0.4, 0.5) is 24.5 Å². The van der Waals surface area contributed by atoms with Crippen molar-refractivity contribution >= 4 is 50.5 Å². The SMILES string of the molecule is CC(O)(C(=O)Nc1ccc(S(=O)(=O)Nc2ccc(Cl)cc2)cc1Cl)C(F)(F)F. The number of hydrogen-bond donors (Lipinski definition) is 3. The topological polar surface area (TPSA) is 95.5 Å². The van der Waals surface area contributed by atoms with Crippen molar-refractivity contribution in [1.82, 2.24) is 0 Å². The fourth-order valence-corrected chi connectivity index (χ4v) is 3.37. The molecule has 0 bridgehead atoms. The molecule has 2 rings (SSSR count). The van der Waals surface area contributed by atoms with Crippen molar-refractivity contribution in [3.05, 3.63) is 52.5 Å². The number of amides is 1. The van der Waals surface area contributed by atoms with Crippen LogP contribution in [0.1, 0.15) is 6.92 Å². The molecule has 1 amide bonds. The summed E-state index contributed by atoms with van der Waals surface area (Å²) in [5.41, 5.74) is -3.74. The van der Waals surface area contributed by atoms with E-state index in [-0.39, 0.29) is 28.2 Å². The minimum atomic E-state index is -5.21. The van der Waals surface area contributed by atoms with Crippen LogP contribution in [0, 0.1) is 0 Å². The minimum Gasteiger partial charge on any atom is -0.373 e. The molecule has 28 heavy (non-hydrogen) atoms. The Balaban J connectivity index is 2.24. The predicted molar refractivity (Wildman–Crippen MR) is 99.0 cm³/mol. The zero-order valence-electron chi connectivity index (χ0n) is 14.0. The quantitative estimate of drug-likeness (QED) is 0.632. The highest BCUT2D eigenvalue weighted by atomic mass is 35.5. The predicted octanol–water partition coefficient (Wildman–Crippen LogP) is 4.05. The van der Waals surface area contributed by atoms with Crippen LogP contribution in [0.25, 0.3) is 0 Å². The van der Waals surface area contributed by atoms with Gasteiger partial charge in [0, 0.05) is 10.7 Å². The smallest absolute Gasteiger partial charge is 0.373 e. The van der Waals surface area contributed by atoms with E-state index >= 15 is 0 Å². The molecule has 0 aliphatic carbocycles. The molecule has 152 valence electrons. The molecule has 12 heteroatoms. The van der Waals surface area contributed by atoms with Crippen LogP contribution < -0.4 is 10.0 Å². The van der Waals surface area contributed by atoms with Crippen molar-refractivity contribution < 1.29 is 31.5 Å². The molecule has 3 N–H and O–H groups in total. The molecular weight excluding hydrogens is 444 g/mol. The van der Waals surface area contributed by atoms with E-state index in [2.05, 4.69) is 4.72 Å². The highest BCUT2D eigenvalue weighted by Crippen LogP contribution is 2.33. The second-order valence-electron chi connectivity index (χ2n) is 5.78. The summed E-state index contributed by atoms with van der Waals surface area (Å²) in [5.74, 6) is -1.77. The molecule has 0 saturated heterocycles. The van der Waals surface area contributed by atoms with Gasteiger partial charge in [0.25, 0.3) is 15.9 Å². The van der Waals surface area contributed by atoms with Gasteiger partial charge in [-0.05, 0) is 49.4 Å². The number of benzene rings is 2. The third kappa shape index (κ3) is 4.88. The molecule has 0 spiro atoms. The molecule has 0 fully saturated rings. The molecule has 0 aliphatic heterocycles. The van der Waals surface area contributed by atoms with E-state index in [0.717, 1.165) is 18.2 Å². The number of hydrogen-bond acceptors (Lipinski definition) is 4. The van der Waals surface area contributed by atoms with Gasteiger partial charge in [-0.3, -0.25) is 9.52 Å². The first-order chi connectivity index (χ1) is 12.7. The standard InChI is InChI=1S/C16H13Cl2F3N2O4S/c1-15(25,16(19,20)21)14(24)22-13-7-6-11(8-12(13)18)28(26,27)23-10-4-2-9(17)3-5-10/h2-8,23,25H,1H3,(H,22,24). The minimum absolute atomic E-state index is 0.221. The van der Waals surface area contributed by atoms with Gasteiger partial charge in [-0.25, -0.2) is 8.42 Å². The molecule has 1 atom stereocenters. The first-order valence-electron chi connectivity index (χ1n) is 7.42. The number of alkyl halides is 3. The van der Waals surface area contributed by atoms with Gasteiger partial charge in [0.05, 0.1) is 15.6 Å². The second kappa shape index (κ2) is 7.78. The van der Waals surface area contributed by atoms with Gasteiger partial charge < -0.3 is 10.4 Å². The van der Waals surface area contributed by atoms with Gasteiger partial charge >= 0.3 is 6.18 Å². The van der Waals surface area contributed by atoms with Crippen LogP contribution in [0.2, 0.25) is 10.0 Å². The van der Waals surface area contributed by atoms with Crippen LogP contribution in [0.3, 0.4) is 0 Å². The molecule has 1 unspecified atom stereocenters. The summed E-state index contributed by atoms with van der Waals surface area (Å²) >= 11 is 11.6. The Morgan fingerprint density at radius 3 is 2.14 bits per heavy atom. The number of sulfonamides is 1. The average molecular weight is 457 g/mol. The molecule has 0 aromatic heterocycles. The Morgan fingerprint density at radius 2 is 1.64 bits per heavy atom. The second-order valence-corrected chi connectivity index (χ2v) is 8.30. The molecular formula is C16H13Cl2F3N2O4S. The lowest BCUT2D eigenvalue weighted by molar-refractivity contribution is -0.242. The van der Waals surface area contributed by atoms with E-state index in [0.29, 0.717) is 5.02 Å². The van der Waals surface area contributed by atoms with Crippen LogP contribution >= 0.6 is 23.2 Å². The molecule has 0 aliphatic rings. The number of halogens is 5. The van der Waals surface area contributed by atoms with Crippen molar-refractivity contribution in [2.45, 2.75) is 23.6 Å². The summed E-state index contributed by atoms with van der Waals surface area (Å²) in [5, 5.41) is 11.2. The van der Waals surface area contributed by atoms with Crippen LogP contribution in [-0.4, -0.2) is 31.2 Å². The Labute approximate surface area is 168 Å². The zero-order valence-corrected chi connectivity index (χ0v) is 16.3. The van der Waals surface area contributed by atoms with E-state index in [1.54, 1.807) is 0 Å². The first-order valence-corrected chi connectivity index (χ1v) is 9.66. The molecule has 0 heterocycles. The van der Waals surface area contributed by atoms with Crippen molar-refractivity contribution in [2.24, 2.45) is 0 Å². The molecule has 6 nitrogen and oxygen atoms in total. The van der Waals surface area contributed by atoms with Gasteiger partial charge in [0.1, 0.15) is 0 Å². The van der Waals surface area contributed by atoms with E-state index in [1.165, 1.54) is 24.3 Å². The van der Waals surface area contributed by atoms with E-state index < -0.39 is 27.7 Å². The van der Waals surface area contributed by atoms with Gasteiger partial charge in [-0.1, -0.05) is 23.2 Å². The van der Waals surface area contributed by atoms with Gasteiger partial charge in [0.2, 0.25) is 5.60 Å². The van der Waals surface area contributed by atoms with E-state index in [1.807, 2.05) is 5.32 Å². The summed E-state index contributed by atoms with van der Waals surface area (Å²) < 4.78 is 65.1. The van der Waals surface area contributed by atoms with Crippen molar-refractivity contribution in [3.63, 3.8) is 0 Å². The van der Waals surface area contributed by atoms with Crippen molar-refractivity contribution in [3.8, 4) is 0 Å². The maximum Gasteiger partial charge on any atom is 0.426 e. The van der Waals surface area contributed by atoms with Crippen LogP contribution in [-0.2, 0) is 14.8 Å². The number of carbonyl (C=O) groups is 1. The highest BCUT2D eigenvalue weighted by Gasteiger charge is 2.55. The third-order valence-electron chi connectivity index (χ3n) is 3.59. The lowest BCUT2D eigenvalue weighted by atomic mass is 10.1. The summed E-state index contributed by atoms with van der Waals surface area (Å²) in [7, 11) is -4.07. The summed E-state index contributed by atoms with van der Waals surface area (Å²) in [4.78, 5) is 11.4.